The van der Waals surface area contributed by atoms with Crippen molar-refractivity contribution in [2.75, 3.05) is 6.61 Å². The summed E-state index contributed by atoms with van der Waals surface area (Å²) >= 11 is 5.92. The molecule has 0 bridgehead atoms. The summed E-state index contributed by atoms with van der Waals surface area (Å²) in [5.41, 5.74) is 1.64. The number of carboxylic acids is 1. The zero-order chi connectivity index (χ0) is 31.5. The van der Waals surface area contributed by atoms with Crippen LogP contribution in [0.25, 0.3) is 22.2 Å². The molecule has 11 heteroatoms. The SMILES string of the molecule is CC1(c2ccc(Cl)cc2F)Oc2cccc(-c3cc(F)c(Cc4nc5ccc(C(=O)O)cc5n4CC4CCCO4)c(F)c3)c2O1. The van der Waals surface area contributed by atoms with Crippen LogP contribution in [-0.4, -0.2) is 33.3 Å². The molecule has 7 nitrogen and oxygen atoms in total. The molecule has 230 valence electrons. The number of benzene rings is 4. The van der Waals surface area contributed by atoms with Crippen LogP contribution in [0.4, 0.5) is 13.2 Å². The lowest BCUT2D eigenvalue weighted by molar-refractivity contribution is -0.0705. The van der Waals surface area contributed by atoms with Crippen LogP contribution in [0.5, 0.6) is 11.5 Å². The van der Waals surface area contributed by atoms with E-state index in [0.29, 0.717) is 35.6 Å². The number of aromatic carboxylic acids is 1. The number of hydrogen-bond donors (Lipinski definition) is 1. The highest BCUT2D eigenvalue weighted by atomic mass is 35.5. The third-order valence-corrected chi connectivity index (χ3v) is 8.51. The summed E-state index contributed by atoms with van der Waals surface area (Å²) in [5.74, 6) is -3.95. The van der Waals surface area contributed by atoms with Crippen molar-refractivity contribution < 1.29 is 37.3 Å². The van der Waals surface area contributed by atoms with E-state index in [0.717, 1.165) is 18.9 Å². The number of aromatic nitrogens is 2. The van der Waals surface area contributed by atoms with Crippen LogP contribution < -0.4 is 9.47 Å². The highest BCUT2D eigenvalue weighted by molar-refractivity contribution is 6.30. The van der Waals surface area contributed by atoms with Crippen molar-refractivity contribution in [2.45, 2.75) is 44.6 Å². The van der Waals surface area contributed by atoms with Gasteiger partial charge in [0.05, 0.1) is 34.8 Å². The topological polar surface area (TPSA) is 82.8 Å². The van der Waals surface area contributed by atoms with E-state index in [1.807, 2.05) is 0 Å². The Labute approximate surface area is 260 Å². The van der Waals surface area contributed by atoms with Gasteiger partial charge in [-0.1, -0.05) is 23.7 Å². The lowest BCUT2D eigenvalue weighted by atomic mass is 10.00. The maximum atomic E-state index is 15.8. The van der Waals surface area contributed by atoms with Crippen molar-refractivity contribution in [3.63, 3.8) is 0 Å². The van der Waals surface area contributed by atoms with Gasteiger partial charge >= 0.3 is 5.97 Å². The molecule has 2 aliphatic heterocycles. The lowest BCUT2D eigenvalue weighted by Crippen LogP contribution is -2.32. The largest absolute Gasteiger partial charge is 0.478 e. The molecule has 45 heavy (non-hydrogen) atoms. The quantitative estimate of drug-likeness (QED) is 0.196. The minimum absolute atomic E-state index is 0.0840. The van der Waals surface area contributed by atoms with E-state index in [4.69, 9.17) is 25.8 Å². The molecule has 1 saturated heterocycles. The van der Waals surface area contributed by atoms with Crippen LogP contribution in [0.15, 0.2) is 66.7 Å². The fraction of sp³-hybridized carbons (Fsp3) is 0.235. The van der Waals surface area contributed by atoms with Gasteiger partial charge in [0.2, 0.25) is 0 Å². The number of nitrogens with zero attached hydrogens (tertiary/aromatic N) is 2. The average Bonchev–Trinajstić information content (AvgIpc) is 3.72. The second-order valence-electron chi connectivity index (χ2n) is 11.3. The van der Waals surface area contributed by atoms with Gasteiger partial charge in [-0.2, -0.15) is 0 Å². The van der Waals surface area contributed by atoms with Crippen molar-refractivity contribution in [2.24, 2.45) is 0 Å². The first-order chi connectivity index (χ1) is 21.6. The van der Waals surface area contributed by atoms with Crippen LogP contribution in [-0.2, 0) is 23.5 Å². The molecule has 0 spiro atoms. The molecule has 7 rings (SSSR count). The Bertz CT molecular complexity index is 1970. The molecular weight excluding hydrogens is 609 g/mol. The lowest BCUT2D eigenvalue weighted by Gasteiger charge is -2.24. The number of imidazole rings is 1. The van der Waals surface area contributed by atoms with Gasteiger partial charge in [-0.15, -0.1) is 0 Å². The second-order valence-corrected chi connectivity index (χ2v) is 11.7. The van der Waals surface area contributed by atoms with E-state index in [1.54, 1.807) is 35.8 Å². The van der Waals surface area contributed by atoms with Crippen molar-refractivity contribution in [3.8, 4) is 22.6 Å². The molecule has 2 unspecified atom stereocenters. The van der Waals surface area contributed by atoms with Gasteiger partial charge < -0.3 is 23.9 Å². The van der Waals surface area contributed by atoms with Gasteiger partial charge in [0.25, 0.3) is 5.79 Å². The summed E-state index contributed by atoms with van der Waals surface area (Å²) in [4.78, 5) is 16.3. The highest BCUT2D eigenvalue weighted by Gasteiger charge is 2.42. The molecular formula is C34H26ClF3N2O5. The Morgan fingerprint density at radius 3 is 2.56 bits per heavy atom. The Balaban J connectivity index is 1.24. The molecule has 1 fully saturated rings. The van der Waals surface area contributed by atoms with Gasteiger partial charge in [0, 0.05) is 36.1 Å². The molecule has 0 saturated carbocycles. The number of carbonyl (C=O) groups is 1. The molecule has 1 N–H and O–H groups in total. The van der Waals surface area contributed by atoms with Crippen molar-refractivity contribution >= 4 is 28.6 Å². The molecule has 2 aliphatic rings. The summed E-state index contributed by atoms with van der Waals surface area (Å²) in [6.45, 7) is 2.54. The van der Waals surface area contributed by atoms with Gasteiger partial charge in [-0.3, -0.25) is 0 Å². The third-order valence-electron chi connectivity index (χ3n) is 8.27. The second kappa shape index (κ2) is 11.1. The molecule has 0 radical (unpaired) electrons. The van der Waals surface area contributed by atoms with E-state index in [2.05, 4.69) is 4.98 Å². The Kier molecular flexibility index (Phi) is 7.21. The zero-order valence-electron chi connectivity index (χ0n) is 24.0. The van der Waals surface area contributed by atoms with Crippen LogP contribution in [0.3, 0.4) is 0 Å². The summed E-state index contributed by atoms with van der Waals surface area (Å²) in [7, 11) is 0. The van der Waals surface area contributed by atoms with E-state index in [-0.39, 0.29) is 51.3 Å². The van der Waals surface area contributed by atoms with Crippen LogP contribution in [0, 0.1) is 17.5 Å². The molecule has 4 aromatic carbocycles. The van der Waals surface area contributed by atoms with Gasteiger partial charge in [-0.05, 0) is 73.0 Å². The Morgan fingerprint density at radius 1 is 1.04 bits per heavy atom. The number of halogens is 4. The van der Waals surface area contributed by atoms with E-state index < -0.39 is 29.2 Å². The molecule has 0 aliphatic carbocycles. The summed E-state index contributed by atoms with van der Waals surface area (Å²) in [6, 6.07) is 16.0. The van der Waals surface area contributed by atoms with Crippen molar-refractivity contribution in [1.82, 2.24) is 9.55 Å². The average molecular weight is 635 g/mol. The normalized spacial score (nSPS) is 19.0. The summed E-state index contributed by atoms with van der Waals surface area (Å²) < 4.78 is 66.1. The molecule has 3 heterocycles. The number of ether oxygens (including phenoxy) is 3. The molecule has 0 amide bonds. The van der Waals surface area contributed by atoms with Crippen molar-refractivity contribution in [3.05, 3.63) is 112 Å². The first-order valence-electron chi connectivity index (χ1n) is 14.4. The fourth-order valence-corrected chi connectivity index (χ4v) is 6.20. The standard InChI is InChI=1S/C34H26ClF3N2O5/c1-34(24-9-8-20(35)15-27(24)38)44-30-6-2-5-22(32(30)45-34)19-12-25(36)23(26(37)13-19)16-31-39-28-10-7-18(33(41)42)14-29(28)40(31)17-21-4-3-11-43-21/h2,5-10,12-15,21H,3-4,11,16-17H2,1H3,(H,41,42). The maximum absolute atomic E-state index is 15.8. The number of rotatable bonds is 7. The Morgan fingerprint density at radius 2 is 1.84 bits per heavy atom. The third kappa shape index (κ3) is 5.27. The molecule has 1 aromatic heterocycles. The Hall–Kier alpha value is -4.54. The molecule has 5 aromatic rings. The molecule has 2 atom stereocenters. The van der Waals surface area contributed by atoms with E-state index >= 15 is 8.78 Å². The van der Waals surface area contributed by atoms with Gasteiger partial charge in [0.1, 0.15) is 23.3 Å². The number of fused-ring (bicyclic) bond motifs is 2. The van der Waals surface area contributed by atoms with Gasteiger partial charge in [-0.25, -0.2) is 22.9 Å². The smallest absolute Gasteiger partial charge is 0.335 e. The minimum Gasteiger partial charge on any atom is -0.478 e. The first kappa shape index (κ1) is 29.2. The monoisotopic (exact) mass is 634 g/mol. The predicted octanol–water partition coefficient (Wildman–Crippen LogP) is 7.89. The number of para-hydroxylation sites is 1. The van der Waals surface area contributed by atoms with Crippen LogP contribution in [0.1, 0.15) is 47.1 Å². The van der Waals surface area contributed by atoms with E-state index in [1.165, 1.54) is 36.4 Å². The zero-order valence-corrected chi connectivity index (χ0v) is 24.7. The van der Waals surface area contributed by atoms with Gasteiger partial charge in [0.15, 0.2) is 11.5 Å². The summed E-state index contributed by atoms with van der Waals surface area (Å²) in [5, 5.41) is 9.75. The highest BCUT2D eigenvalue weighted by Crippen LogP contribution is 2.50. The predicted molar refractivity (Wildman–Crippen MR) is 160 cm³/mol. The maximum Gasteiger partial charge on any atom is 0.335 e. The van der Waals surface area contributed by atoms with Crippen molar-refractivity contribution in [1.29, 1.82) is 0 Å². The first-order valence-corrected chi connectivity index (χ1v) is 14.8. The minimum atomic E-state index is -1.53. The van der Waals surface area contributed by atoms with Crippen LogP contribution >= 0.6 is 11.6 Å². The fourth-order valence-electron chi connectivity index (χ4n) is 6.04. The van der Waals surface area contributed by atoms with E-state index in [9.17, 15) is 14.3 Å². The number of carboxylic acid groups (broad SMARTS) is 1. The number of hydrogen-bond acceptors (Lipinski definition) is 5. The van der Waals surface area contributed by atoms with Crippen LogP contribution in [0.2, 0.25) is 5.02 Å². The summed E-state index contributed by atoms with van der Waals surface area (Å²) in [6.07, 6.45) is 1.40.